The maximum absolute atomic E-state index is 12.2. The van der Waals surface area contributed by atoms with Crippen LogP contribution in [0.25, 0.3) is 20.4 Å². The van der Waals surface area contributed by atoms with Gasteiger partial charge in [-0.2, -0.15) is 5.26 Å². The van der Waals surface area contributed by atoms with E-state index in [2.05, 4.69) is 9.97 Å². The van der Waals surface area contributed by atoms with Crippen molar-refractivity contribution in [3.8, 4) is 6.07 Å². The highest BCUT2D eigenvalue weighted by atomic mass is 32.1. The van der Waals surface area contributed by atoms with Crippen LogP contribution in [-0.4, -0.2) is 14.5 Å². The lowest BCUT2D eigenvalue weighted by Crippen LogP contribution is -2.18. The summed E-state index contributed by atoms with van der Waals surface area (Å²) in [4.78, 5) is 21.8. The maximum atomic E-state index is 12.2. The summed E-state index contributed by atoms with van der Waals surface area (Å²) in [6, 6.07) is 3.94. The van der Waals surface area contributed by atoms with Crippen LogP contribution in [0.4, 0.5) is 0 Å². The number of hydrogen-bond donors (Lipinski definition) is 0. The molecule has 0 N–H and O–H groups in total. The van der Waals surface area contributed by atoms with E-state index in [-0.39, 0.29) is 12.1 Å². The van der Waals surface area contributed by atoms with Gasteiger partial charge >= 0.3 is 0 Å². The van der Waals surface area contributed by atoms with E-state index in [0.717, 1.165) is 21.5 Å². The van der Waals surface area contributed by atoms with Crippen molar-refractivity contribution in [2.24, 2.45) is 0 Å². The zero-order valence-corrected chi connectivity index (χ0v) is 11.3. The SMILES string of the molecule is Cc1cc(C)c2c(n1)sc1c(=O)n(CC#N)cnc12. The second-order valence-electron chi connectivity index (χ2n) is 4.38. The van der Waals surface area contributed by atoms with E-state index in [1.54, 1.807) is 0 Å². The van der Waals surface area contributed by atoms with Crippen LogP contribution in [0.3, 0.4) is 0 Å². The number of pyridine rings is 1. The molecule has 3 heterocycles. The van der Waals surface area contributed by atoms with Crippen molar-refractivity contribution >= 4 is 31.8 Å². The third-order valence-electron chi connectivity index (χ3n) is 2.98. The van der Waals surface area contributed by atoms with E-state index in [4.69, 9.17) is 5.26 Å². The molecule has 0 aliphatic rings. The van der Waals surface area contributed by atoms with Gasteiger partial charge in [0.25, 0.3) is 5.56 Å². The van der Waals surface area contributed by atoms with Crippen molar-refractivity contribution in [3.63, 3.8) is 0 Å². The van der Waals surface area contributed by atoms with E-state index in [1.165, 1.54) is 22.2 Å². The summed E-state index contributed by atoms with van der Waals surface area (Å²) in [7, 11) is 0. The Morgan fingerprint density at radius 1 is 1.47 bits per heavy atom. The molecule has 5 nitrogen and oxygen atoms in total. The lowest BCUT2D eigenvalue weighted by molar-refractivity contribution is 0.777. The molecule has 3 rings (SSSR count). The molecule has 0 amide bonds. The molecule has 0 aromatic carbocycles. The van der Waals surface area contributed by atoms with Crippen LogP contribution in [0, 0.1) is 25.2 Å². The van der Waals surface area contributed by atoms with Crippen molar-refractivity contribution in [1.29, 1.82) is 5.26 Å². The van der Waals surface area contributed by atoms with Gasteiger partial charge in [0.15, 0.2) is 0 Å². The molecular weight excluding hydrogens is 260 g/mol. The third kappa shape index (κ3) is 1.71. The molecule has 0 radical (unpaired) electrons. The van der Waals surface area contributed by atoms with Gasteiger partial charge in [0.2, 0.25) is 0 Å². The standard InChI is InChI=1S/C13H10N4OS/c1-7-5-8(2)16-12-9(7)10-11(19-12)13(18)17(4-3-14)6-15-10/h5-6H,4H2,1-2H3. The van der Waals surface area contributed by atoms with Gasteiger partial charge in [-0.15, -0.1) is 11.3 Å². The summed E-state index contributed by atoms with van der Waals surface area (Å²) in [5, 5.41) is 9.63. The first-order valence-corrected chi connectivity index (χ1v) is 6.56. The highest BCUT2D eigenvalue weighted by molar-refractivity contribution is 7.25. The molecule has 6 heteroatoms. The molecule has 0 aliphatic heterocycles. The van der Waals surface area contributed by atoms with Crippen molar-refractivity contribution in [1.82, 2.24) is 14.5 Å². The predicted octanol–water partition coefficient (Wildman–Crippen LogP) is 2.15. The Hall–Kier alpha value is -2.26. The molecule has 0 atom stereocenters. The predicted molar refractivity (Wildman–Crippen MR) is 74.3 cm³/mol. The normalized spacial score (nSPS) is 11.0. The average molecular weight is 270 g/mol. The van der Waals surface area contributed by atoms with Gasteiger partial charge in [0, 0.05) is 11.1 Å². The molecule has 0 unspecified atom stereocenters. The largest absolute Gasteiger partial charge is 0.284 e. The van der Waals surface area contributed by atoms with Gasteiger partial charge < -0.3 is 0 Å². The lowest BCUT2D eigenvalue weighted by atomic mass is 10.1. The monoisotopic (exact) mass is 270 g/mol. The molecule has 0 saturated carbocycles. The first-order valence-electron chi connectivity index (χ1n) is 5.74. The number of rotatable bonds is 1. The zero-order valence-electron chi connectivity index (χ0n) is 10.5. The van der Waals surface area contributed by atoms with E-state index in [9.17, 15) is 4.79 Å². The van der Waals surface area contributed by atoms with Crippen molar-refractivity contribution in [2.75, 3.05) is 0 Å². The average Bonchev–Trinajstić information content (AvgIpc) is 2.72. The van der Waals surface area contributed by atoms with Crippen LogP contribution < -0.4 is 5.56 Å². The topological polar surface area (TPSA) is 71.6 Å². The minimum Gasteiger partial charge on any atom is -0.284 e. The molecule has 3 aromatic heterocycles. The fourth-order valence-electron chi connectivity index (χ4n) is 2.19. The quantitative estimate of drug-likeness (QED) is 0.679. The van der Waals surface area contributed by atoms with Crippen molar-refractivity contribution < 1.29 is 0 Å². The summed E-state index contributed by atoms with van der Waals surface area (Å²) in [6.45, 7) is 3.94. The van der Waals surface area contributed by atoms with Gasteiger partial charge in [-0.05, 0) is 25.5 Å². The van der Waals surface area contributed by atoms with E-state index in [1.807, 2.05) is 26.0 Å². The van der Waals surface area contributed by atoms with E-state index >= 15 is 0 Å². The number of aryl methyl sites for hydroxylation is 2. The smallest absolute Gasteiger partial charge is 0.272 e. The van der Waals surface area contributed by atoms with Crippen LogP contribution in [-0.2, 0) is 6.54 Å². The van der Waals surface area contributed by atoms with Crippen LogP contribution >= 0.6 is 11.3 Å². The molecule has 0 bridgehead atoms. The van der Waals surface area contributed by atoms with Gasteiger partial charge in [-0.25, -0.2) is 9.97 Å². The summed E-state index contributed by atoms with van der Waals surface area (Å²) in [6.07, 6.45) is 1.43. The Balaban J connectivity index is 2.48. The number of fused-ring (bicyclic) bond motifs is 3. The summed E-state index contributed by atoms with van der Waals surface area (Å²) >= 11 is 1.34. The summed E-state index contributed by atoms with van der Waals surface area (Å²) < 4.78 is 1.88. The van der Waals surface area contributed by atoms with Crippen LogP contribution in [0.1, 0.15) is 11.3 Å². The molecule has 0 saturated heterocycles. The molecule has 0 spiro atoms. The highest BCUT2D eigenvalue weighted by Crippen LogP contribution is 2.31. The zero-order chi connectivity index (χ0) is 13.6. The maximum Gasteiger partial charge on any atom is 0.272 e. The first kappa shape index (κ1) is 11.8. The number of nitriles is 1. The van der Waals surface area contributed by atoms with Crippen molar-refractivity contribution in [3.05, 3.63) is 34.0 Å². The molecule has 19 heavy (non-hydrogen) atoms. The third-order valence-corrected chi connectivity index (χ3v) is 4.05. The number of nitrogens with zero attached hydrogens (tertiary/aromatic N) is 4. The molecule has 3 aromatic rings. The second-order valence-corrected chi connectivity index (χ2v) is 5.38. The van der Waals surface area contributed by atoms with Gasteiger partial charge in [-0.3, -0.25) is 9.36 Å². The Labute approximate surface area is 112 Å². The molecule has 0 fully saturated rings. The number of aromatic nitrogens is 3. The highest BCUT2D eigenvalue weighted by Gasteiger charge is 2.14. The fraction of sp³-hybridized carbons (Fsp3) is 0.231. The van der Waals surface area contributed by atoms with Crippen LogP contribution in [0.5, 0.6) is 0 Å². The first-order chi connectivity index (χ1) is 9.11. The van der Waals surface area contributed by atoms with E-state index in [0.29, 0.717) is 10.2 Å². The minimum absolute atomic E-state index is 0.0153. The Morgan fingerprint density at radius 2 is 2.26 bits per heavy atom. The Morgan fingerprint density at radius 3 is 3.00 bits per heavy atom. The molecule has 94 valence electrons. The summed E-state index contributed by atoms with van der Waals surface area (Å²) in [5.74, 6) is 0. The van der Waals surface area contributed by atoms with E-state index < -0.39 is 0 Å². The number of hydrogen-bond acceptors (Lipinski definition) is 5. The number of thiophene rings is 1. The van der Waals surface area contributed by atoms with Crippen molar-refractivity contribution in [2.45, 2.75) is 20.4 Å². The molecular formula is C13H10N4OS. The Bertz CT molecular complexity index is 901. The van der Waals surface area contributed by atoms with Gasteiger partial charge in [-0.1, -0.05) is 0 Å². The fourth-order valence-corrected chi connectivity index (χ4v) is 3.39. The van der Waals surface area contributed by atoms with Crippen LogP contribution in [0.15, 0.2) is 17.2 Å². The van der Waals surface area contributed by atoms with Gasteiger partial charge in [0.1, 0.15) is 16.1 Å². The Kier molecular flexibility index (Phi) is 2.57. The minimum atomic E-state index is -0.174. The van der Waals surface area contributed by atoms with Crippen LogP contribution in [0.2, 0.25) is 0 Å². The second kappa shape index (κ2) is 4.14. The molecule has 0 aliphatic carbocycles. The summed E-state index contributed by atoms with van der Waals surface area (Å²) in [5.41, 5.74) is 2.50. The van der Waals surface area contributed by atoms with Gasteiger partial charge in [0.05, 0.1) is 17.9 Å². The lowest BCUT2D eigenvalue weighted by Gasteiger charge is -2.00.